The summed E-state index contributed by atoms with van der Waals surface area (Å²) in [6.45, 7) is 2.49. The van der Waals surface area contributed by atoms with Crippen molar-refractivity contribution in [1.82, 2.24) is 9.27 Å². The molecule has 1 fully saturated rings. The first-order valence-electron chi connectivity index (χ1n) is 9.48. The summed E-state index contributed by atoms with van der Waals surface area (Å²) in [5.74, 6) is -2.97. The van der Waals surface area contributed by atoms with Gasteiger partial charge in [0.1, 0.15) is 17.5 Å². The van der Waals surface area contributed by atoms with Gasteiger partial charge in [0, 0.05) is 29.7 Å². The molecule has 1 saturated heterocycles. The van der Waals surface area contributed by atoms with Crippen LogP contribution in [0, 0.1) is 17.5 Å². The van der Waals surface area contributed by atoms with Crippen LogP contribution in [-0.2, 0) is 23.1 Å². The Kier molecular flexibility index (Phi) is 6.17. The highest BCUT2D eigenvalue weighted by atomic mass is 32.2. The molecule has 31 heavy (non-hydrogen) atoms. The van der Waals surface area contributed by atoms with Crippen LogP contribution in [0.15, 0.2) is 46.7 Å². The Bertz CT molecular complexity index is 1160. The fourth-order valence-electron chi connectivity index (χ4n) is 3.29. The standard InChI is InChI=1S/C20H19F3N4O2S2/c21-16-4-1-3-13(12-27-6-2-7-27)15(16)11-24-14-9-17(22)20(18(23)10-14)31(28,29)26-19-5-8-30-25-19/h1,3-5,8-10,24H,2,6-7,11-12H2,(H,25,26). The maximum Gasteiger partial charge on any atom is 0.268 e. The van der Waals surface area contributed by atoms with E-state index < -0.39 is 32.4 Å². The van der Waals surface area contributed by atoms with Crippen LogP contribution >= 0.6 is 11.5 Å². The highest BCUT2D eigenvalue weighted by Gasteiger charge is 2.26. The zero-order valence-electron chi connectivity index (χ0n) is 16.2. The van der Waals surface area contributed by atoms with Gasteiger partial charge in [0.2, 0.25) is 0 Å². The zero-order valence-corrected chi connectivity index (χ0v) is 17.9. The normalized spacial score (nSPS) is 14.3. The van der Waals surface area contributed by atoms with Crippen LogP contribution in [0.2, 0.25) is 0 Å². The number of hydrogen-bond acceptors (Lipinski definition) is 6. The van der Waals surface area contributed by atoms with E-state index in [4.69, 9.17) is 0 Å². The summed E-state index contributed by atoms with van der Waals surface area (Å²) in [4.78, 5) is 1.07. The number of nitrogens with one attached hydrogen (secondary N) is 2. The lowest BCUT2D eigenvalue weighted by molar-refractivity contribution is 0.172. The number of aromatic nitrogens is 1. The minimum absolute atomic E-state index is 0.000705. The van der Waals surface area contributed by atoms with Crippen molar-refractivity contribution in [2.24, 2.45) is 0 Å². The first-order valence-corrected chi connectivity index (χ1v) is 11.8. The maximum atomic E-state index is 14.5. The van der Waals surface area contributed by atoms with E-state index in [0.29, 0.717) is 12.1 Å². The predicted molar refractivity (Wildman–Crippen MR) is 113 cm³/mol. The molecule has 6 nitrogen and oxygen atoms in total. The third-order valence-corrected chi connectivity index (χ3v) is 6.94. The lowest BCUT2D eigenvalue weighted by Crippen LogP contribution is -2.36. The molecule has 0 radical (unpaired) electrons. The second kappa shape index (κ2) is 8.85. The predicted octanol–water partition coefficient (Wildman–Crippen LogP) is 4.18. The van der Waals surface area contributed by atoms with Gasteiger partial charge < -0.3 is 5.32 Å². The molecule has 4 rings (SSSR count). The lowest BCUT2D eigenvalue weighted by Gasteiger charge is -2.31. The number of sulfonamides is 1. The van der Waals surface area contributed by atoms with E-state index in [1.807, 2.05) is 10.8 Å². The Hall–Kier alpha value is -2.63. The molecule has 11 heteroatoms. The van der Waals surface area contributed by atoms with Crippen LogP contribution in [0.1, 0.15) is 17.5 Å². The average Bonchev–Trinajstić information content (AvgIpc) is 3.15. The van der Waals surface area contributed by atoms with Gasteiger partial charge in [-0.25, -0.2) is 21.6 Å². The Morgan fingerprint density at radius 3 is 2.42 bits per heavy atom. The molecule has 0 bridgehead atoms. The molecule has 2 heterocycles. The van der Waals surface area contributed by atoms with E-state index in [2.05, 4.69) is 14.6 Å². The monoisotopic (exact) mass is 468 g/mol. The molecule has 164 valence electrons. The summed E-state index contributed by atoms with van der Waals surface area (Å²) in [7, 11) is -4.50. The van der Waals surface area contributed by atoms with Gasteiger partial charge >= 0.3 is 0 Å². The first kappa shape index (κ1) is 21.6. The van der Waals surface area contributed by atoms with Crippen molar-refractivity contribution in [2.45, 2.75) is 24.4 Å². The van der Waals surface area contributed by atoms with Crippen LogP contribution in [0.25, 0.3) is 0 Å². The number of anilines is 2. The second-order valence-electron chi connectivity index (χ2n) is 7.12. The Morgan fingerprint density at radius 2 is 1.81 bits per heavy atom. The minimum Gasteiger partial charge on any atom is -0.381 e. The molecule has 1 aromatic heterocycles. The summed E-state index contributed by atoms with van der Waals surface area (Å²) < 4.78 is 74.0. The molecular formula is C20H19F3N4O2S2. The van der Waals surface area contributed by atoms with Crippen LogP contribution in [0.4, 0.5) is 24.7 Å². The van der Waals surface area contributed by atoms with Gasteiger partial charge in [-0.05, 0) is 60.9 Å². The highest BCUT2D eigenvalue weighted by molar-refractivity contribution is 7.92. The Balaban J connectivity index is 1.53. The number of halogens is 3. The quantitative estimate of drug-likeness (QED) is 0.519. The van der Waals surface area contributed by atoms with Crippen LogP contribution in [0.5, 0.6) is 0 Å². The molecule has 0 atom stereocenters. The lowest BCUT2D eigenvalue weighted by atomic mass is 10.0. The number of nitrogens with zero attached hydrogens (tertiary/aromatic N) is 2. The van der Waals surface area contributed by atoms with E-state index >= 15 is 0 Å². The molecule has 0 aliphatic carbocycles. The van der Waals surface area contributed by atoms with Gasteiger partial charge in [0.15, 0.2) is 10.7 Å². The molecule has 0 saturated carbocycles. The molecule has 0 unspecified atom stereocenters. The van der Waals surface area contributed by atoms with Gasteiger partial charge in [-0.15, -0.1) is 0 Å². The zero-order chi connectivity index (χ0) is 22.0. The molecule has 1 aliphatic rings. The summed E-state index contributed by atoms with van der Waals surface area (Å²) in [5.41, 5.74) is 1.19. The molecule has 3 aromatic rings. The van der Waals surface area contributed by atoms with E-state index in [-0.39, 0.29) is 18.1 Å². The van der Waals surface area contributed by atoms with Gasteiger partial charge in [-0.3, -0.25) is 9.62 Å². The topological polar surface area (TPSA) is 74.3 Å². The molecule has 1 aliphatic heterocycles. The van der Waals surface area contributed by atoms with Crippen LogP contribution < -0.4 is 10.0 Å². The van der Waals surface area contributed by atoms with Crippen molar-refractivity contribution in [2.75, 3.05) is 23.1 Å². The van der Waals surface area contributed by atoms with Gasteiger partial charge in [0.05, 0.1) is 0 Å². The average molecular weight is 469 g/mol. The van der Waals surface area contributed by atoms with E-state index in [0.717, 1.165) is 48.7 Å². The van der Waals surface area contributed by atoms with Crippen molar-refractivity contribution in [1.29, 1.82) is 0 Å². The number of hydrogen-bond donors (Lipinski definition) is 2. The van der Waals surface area contributed by atoms with Crippen molar-refractivity contribution >= 4 is 33.1 Å². The van der Waals surface area contributed by atoms with Crippen LogP contribution in [-0.4, -0.2) is 30.8 Å². The second-order valence-corrected chi connectivity index (χ2v) is 9.40. The SMILES string of the molecule is O=S(=O)(Nc1ccsn1)c1c(F)cc(NCc2c(F)cccc2CN2CCC2)cc1F. The maximum absolute atomic E-state index is 14.5. The van der Waals surface area contributed by atoms with E-state index in [1.165, 1.54) is 17.5 Å². The first-order chi connectivity index (χ1) is 14.8. The third kappa shape index (κ3) is 4.83. The van der Waals surface area contributed by atoms with Gasteiger partial charge in [-0.1, -0.05) is 12.1 Å². The minimum atomic E-state index is -4.50. The highest BCUT2D eigenvalue weighted by Crippen LogP contribution is 2.26. The Morgan fingerprint density at radius 1 is 1.06 bits per heavy atom. The summed E-state index contributed by atoms with van der Waals surface area (Å²) >= 11 is 0.994. The third-order valence-electron chi connectivity index (χ3n) is 4.97. The number of likely N-dealkylation sites (tertiary alicyclic amines) is 1. The summed E-state index contributed by atoms with van der Waals surface area (Å²) in [6.07, 6.45) is 1.11. The smallest absolute Gasteiger partial charge is 0.268 e. The van der Waals surface area contributed by atoms with E-state index in [1.54, 1.807) is 6.07 Å². The summed E-state index contributed by atoms with van der Waals surface area (Å²) in [6, 6.07) is 7.89. The molecule has 2 N–H and O–H groups in total. The van der Waals surface area contributed by atoms with E-state index in [9.17, 15) is 21.6 Å². The van der Waals surface area contributed by atoms with Crippen molar-refractivity contribution < 1.29 is 21.6 Å². The van der Waals surface area contributed by atoms with Crippen molar-refractivity contribution in [3.8, 4) is 0 Å². The summed E-state index contributed by atoms with van der Waals surface area (Å²) in [5, 5.41) is 4.32. The molecule has 2 aromatic carbocycles. The van der Waals surface area contributed by atoms with Gasteiger partial charge in [-0.2, -0.15) is 4.37 Å². The van der Waals surface area contributed by atoms with Crippen molar-refractivity contribution in [3.63, 3.8) is 0 Å². The molecular weight excluding hydrogens is 449 g/mol. The number of rotatable bonds is 8. The van der Waals surface area contributed by atoms with Gasteiger partial charge in [0.25, 0.3) is 10.0 Å². The molecule has 0 spiro atoms. The fourth-order valence-corrected chi connectivity index (χ4v) is 4.94. The largest absolute Gasteiger partial charge is 0.381 e. The molecule has 0 amide bonds. The number of benzene rings is 2. The van der Waals surface area contributed by atoms with Crippen LogP contribution in [0.3, 0.4) is 0 Å². The fraction of sp³-hybridized carbons (Fsp3) is 0.250. The Labute approximate surface area is 181 Å². The van der Waals surface area contributed by atoms with Crippen molar-refractivity contribution in [3.05, 3.63) is 70.4 Å².